The van der Waals surface area contributed by atoms with E-state index in [9.17, 15) is 9.90 Å². The van der Waals surface area contributed by atoms with Crippen LogP contribution in [0.25, 0.3) is 0 Å². The average Bonchev–Trinajstić information content (AvgIpc) is 2.42. The van der Waals surface area contributed by atoms with Crippen molar-refractivity contribution in [2.45, 2.75) is 39.2 Å². The van der Waals surface area contributed by atoms with Crippen LogP contribution in [0.2, 0.25) is 0 Å². The van der Waals surface area contributed by atoms with Crippen LogP contribution in [-0.4, -0.2) is 17.0 Å². The van der Waals surface area contributed by atoms with Crippen LogP contribution in [0.3, 0.4) is 0 Å². The molecule has 3 nitrogen and oxygen atoms in total. The Kier molecular flexibility index (Phi) is 2.19. The number of carbonyl (C=O) groups is 1. The van der Waals surface area contributed by atoms with Crippen LogP contribution < -0.4 is 0 Å². The van der Waals surface area contributed by atoms with Crippen molar-refractivity contribution in [1.82, 2.24) is 0 Å². The summed E-state index contributed by atoms with van der Waals surface area (Å²) in [7, 11) is 0. The van der Waals surface area contributed by atoms with Crippen molar-refractivity contribution in [3.05, 3.63) is 22.6 Å². The number of carbonyl (C=O) groups excluding carboxylic acids is 1. The first-order valence-corrected chi connectivity index (χ1v) is 4.95. The minimum atomic E-state index is -0.565. The van der Waals surface area contributed by atoms with Crippen LogP contribution in [0.1, 0.15) is 40.8 Å². The van der Waals surface area contributed by atoms with Gasteiger partial charge in [-0.2, -0.15) is 0 Å². The lowest BCUT2D eigenvalue weighted by Crippen LogP contribution is -2.23. The first kappa shape index (κ1) is 9.46. The van der Waals surface area contributed by atoms with E-state index in [4.69, 9.17) is 4.42 Å². The highest BCUT2D eigenvalue weighted by Crippen LogP contribution is 2.29. The van der Waals surface area contributed by atoms with Crippen molar-refractivity contribution in [2.75, 3.05) is 0 Å². The molecule has 1 aliphatic rings. The van der Waals surface area contributed by atoms with Gasteiger partial charge in [-0.05, 0) is 6.92 Å². The SMILES string of the molecule is CCc1oc2c(c1C)C(=O)CC(O)C2. The molecule has 1 aromatic heterocycles. The Morgan fingerprint density at radius 3 is 2.86 bits per heavy atom. The number of aliphatic hydroxyl groups is 1. The Balaban J connectivity index is 2.52. The van der Waals surface area contributed by atoms with E-state index in [1.165, 1.54) is 0 Å². The molecule has 0 bridgehead atoms. The van der Waals surface area contributed by atoms with Crippen LogP contribution in [0.15, 0.2) is 4.42 Å². The van der Waals surface area contributed by atoms with Crippen LogP contribution in [0, 0.1) is 6.92 Å². The molecule has 1 aliphatic carbocycles. The first-order chi connectivity index (χ1) is 6.63. The van der Waals surface area contributed by atoms with Gasteiger partial charge in [-0.25, -0.2) is 0 Å². The summed E-state index contributed by atoms with van der Waals surface area (Å²) >= 11 is 0. The molecule has 1 unspecified atom stereocenters. The van der Waals surface area contributed by atoms with Crippen LogP contribution >= 0.6 is 0 Å². The van der Waals surface area contributed by atoms with Crippen molar-refractivity contribution >= 4 is 5.78 Å². The van der Waals surface area contributed by atoms with E-state index in [2.05, 4.69) is 0 Å². The second-order valence-corrected chi connectivity index (χ2v) is 3.79. The van der Waals surface area contributed by atoms with Gasteiger partial charge in [0.25, 0.3) is 0 Å². The van der Waals surface area contributed by atoms with Crippen molar-refractivity contribution in [2.24, 2.45) is 0 Å². The second-order valence-electron chi connectivity index (χ2n) is 3.79. The third-order valence-corrected chi connectivity index (χ3v) is 2.76. The molecule has 1 heterocycles. The largest absolute Gasteiger partial charge is 0.465 e. The van der Waals surface area contributed by atoms with E-state index in [0.717, 1.165) is 17.7 Å². The summed E-state index contributed by atoms with van der Waals surface area (Å²) in [5.74, 6) is 1.56. The standard InChI is InChI=1S/C11H14O3/c1-3-9-6(2)11-8(13)4-7(12)5-10(11)14-9/h7,12H,3-5H2,1-2H3. The molecule has 0 spiro atoms. The maximum Gasteiger partial charge on any atom is 0.169 e. The highest BCUT2D eigenvalue weighted by Gasteiger charge is 2.29. The van der Waals surface area contributed by atoms with Gasteiger partial charge < -0.3 is 9.52 Å². The zero-order chi connectivity index (χ0) is 10.3. The fourth-order valence-electron chi connectivity index (χ4n) is 2.07. The fraction of sp³-hybridized carbons (Fsp3) is 0.545. The highest BCUT2D eigenvalue weighted by atomic mass is 16.3. The van der Waals surface area contributed by atoms with Crippen molar-refractivity contribution in [1.29, 1.82) is 0 Å². The zero-order valence-corrected chi connectivity index (χ0v) is 8.46. The molecule has 3 heteroatoms. The molecule has 1 N–H and O–H groups in total. The number of aliphatic hydroxyl groups excluding tert-OH is 1. The molecule has 0 saturated heterocycles. The summed E-state index contributed by atoms with van der Waals surface area (Å²) in [4.78, 5) is 11.6. The molecule has 0 fully saturated rings. The summed E-state index contributed by atoms with van der Waals surface area (Å²) in [5.41, 5.74) is 1.67. The lowest BCUT2D eigenvalue weighted by molar-refractivity contribution is 0.0837. The van der Waals surface area contributed by atoms with Gasteiger partial charge in [-0.1, -0.05) is 6.92 Å². The maximum absolute atomic E-state index is 11.6. The predicted molar refractivity (Wildman–Crippen MR) is 51.5 cm³/mol. The molecular formula is C11H14O3. The van der Waals surface area contributed by atoms with Gasteiger partial charge in [0.15, 0.2) is 5.78 Å². The highest BCUT2D eigenvalue weighted by molar-refractivity contribution is 6.00. The van der Waals surface area contributed by atoms with Crippen molar-refractivity contribution in [3.63, 3.8) is 0 Å². The third-order valence-electron chi connectivity index (χ3n) is 2.76. The number of Topliss-reactive ketones (excluding diaryl/α,β-unsaturated/α-hetero) is 1. The first-order valence-electron chi connectivity index (χ1n) is 4.95. The molecule has 1 aromatic rings. The normalized spacial score (nSPS) is 21.1. The molecule has 76 valence electrons. The molecule has 0 aromatic carbocycles. The smallest absolute Gasteiger partial charge is 0.169 e. The average molecular weight is 194 g/mol. The Hall–Kier alpha value is -1.09. The van der Waals surface area contributed by atoms with Crippen LogP contribution in [-0.2, 0) is 12.8 Å². The number of hydrogen-bond donors (Lipinski definition) is 1. The molecular weight excluding hydrogens is 180 g/mol. The number of fused-ring (bicyclic) bond motifs is 1. The minimum Gasteiger partial charge on any atom is -0.465 e. The summed E-state index contributed by atoms with van der Waals surface area (Å²) in [6.07, 6.45) is 0.936. The summed E-state index contributed by atoms with van der Waals surface area (Å²) in [5, 5.41) is 9.42. The molecule has 1 atom stereocenters. The van der Waals surface area contributed by atoms with Crippen LogP contribution in [0.4, 0.5) is 0 Å². The van der Waals surface area contributed by atoms with Gasteiger partial charge in [0.05, 0.1) is 11.7 Å². The molecule has 0 aliphatic heterocycles. The van der Waals surface area contributed by atoms with E-state index in [1.54, 1.807) is 0 Å². The maximum atomic E-state index is 11.6. The summed E-state index contributed by atoms with van der Waals surface area (Å²) in [6, 6.07) is 0. The second kappa shape index (κ2) is 3.24. The Labute approximate surface area is 82.7 Å². The molecule has 0 radical (unpaired) electrons. The van der Waals surface area contributed by atoms with E-state index >= 15 is 0 Å². The van der Waals surface area contributed by atoms with Gasteiger partial charge >= 0.3 is 0 Å². The lowest BCUT2D eigenvalue weighted by atomic mass is 9.92. The Morgan fingerprint density at radius 1 is 1.50 bits per heavy atom. The summed E-state index contributed by atoms with van der Waals surface area (Å²) < 4.78 is 5.55. The Morgan fingerprint density at radius 2 is 2.21 bits per heavy atom. The zero-order valence-electron chi connectivity index (χ0n) is 8.46. The number of hydrogen-bond acceptors (Lipinski definition) is 3. The monoisotopic (exact) mass is 194 g/mol. The van der Waals surface area contributed by atoms with E-state index in [1.807, 2.05) is 13.8 Å². The topological polar surface area (TPSA) is 50.4 Å². The molecule has 2 rings (SSSR count). The Bertz CT molecular complexity index is 376. The lowest BCUT2D eigenvalue weighted by Gasteiger charge is -2.14. The quantitative estimate of drug-likeness (QED) is 0.739. The van der Waals surface area contributed by atoms with Crippen molar-refractivity contribution in [3.8, 4) is 0 Å². The number of ketones is 1. The third kappa shape index (κ3) is 1.28. The van der Waals surface area contributed by atoms with E-state index in [-0.39, 0.29) is 12.2 Å². The molecule has 0 amide bonds. The fourth-order valence-corrected chi connectivity index (χ4v) is 2.07. The molecule has 14 heavy (non-hydrogen) atoms. The summed E-state index contributed by atoms with van der Waals surface area (Å²) in [6.45, 7) is 3.91. The number of rotatable bonds is 1. The molecule has 0 saturated carbocycles. The van der Waals surface area contributed by atoms with Gasteiger partial charge in [0.2, 0.25) is 0 Å². The van der Waals surface area contributed by atoms with E-state index in [0.29, 0.717) is 17.7 Å². The van der Waals surface area contributed by atoms with Crippen LogP contribution in [0.5, 0.6) is 0 Å². The number of aryl methyl sites for hydroxylation is 1. The van der Waals surface area contributed by atoms with Gasteiger partial charge in [0, 0.05) is 24.8 Å². The minimum absolute atomic E-state index is 0.0136. The van der Waals surface area contributed by atoms with Gasteiger partial charge in [-0.3, -0.25) is 4.79 Å². The number of furan rings is 1. The van der Waals surface area contributed by atoms with Gasteiger partial charge in [-0.15, -0.1) is 0 Å². The predicted octanol–water partition coefficient (Wildman–Crippen LogP) is 1.64. The van der Waals surface area contributed by atoms with E-state index < -0.39 is 6.10 Å². The van der Waals surface area contributed by atoms with Crippen molar-refractivity contribution < 1.29 is 14.3 Å². The van der Waals surface area contributed by atoms with Gasteiger partial charge in [0.1, 0.15) is 11.5 Å².